The second-order valence-corrected chi connectivity index (χ2v) is 3.20. The van der Waals surface area contributed by atoms with E-state index in [0.717, 1.165) is 16.9 Å². The zero-order chi connectivity index (χ0) is 10.1. The predicted octanol–water partition coefficient (Wildman–Crippen LogP) is 1.79. The molecule has 0 saturated heterocycles. The molecule has 4 nitrogen and oxygen atoms in total. The Hall–Kier alpha value is -2.23. The Labute approximate surface area is 86.2 Å². The SMILES string of the molecule is c1ccc(-c2nccn3cnnc23)cc1. The molecule has 0 atom stereocenters. The van der Waals surface area contributed by atoms with Gasteiger partial charge in [-0.05, 0) is 0 Å². The molecule has 4 heteroatoms. The molecule has 1 aromatic carbocycles. The van der Waals surface area contributed by atoms with Crippen LogP contribution in [0.1, 0.15) is 0 Å². The third-order valence-electron chi connectivity index (χ3n) is 2.26. The van der Waals surface area contributed by atoms with Gasteiger partial charge in [0.25, 0.3) is 0 Å². The van der Waals surface area contributed by atoms with Gasteiger partial charge in [0, 0.05) is 18.0 Å². The summed E-state index contributed by atoms with van der Waals surface area (Å²) in [5, 5.41) is 7.91. The van der Waals surface area contributed by atoms with E-state index >= 15 is 0 Å². The number of hydrogen-bond acceptors (Lipinski definition) is 3. The number of aromatic nitrogens is 4. The van der Waals surface area contributed by atoms with E-state index in [-0.39, 0.29) is 0 Å². The number of nitrogens with zero attached hydrogens (tertiary/aromatic N) is 4. The van der Waals surface area contributed by atoms with Gasteiger partial charge in [-0.25, -0.2) is 0 Å². The monoisotopic (exact) mass is 196 g/mol. The molecule has 0 spiro atoms. The number of benzene rings is 1. The minimum absolute atomic E-state index is 0.781. The first kappa shape index (κ1) is 8.11. The normalized spacial score (nSPS) is 10.7. The van der Waals surface area contributed by atoms with Crippen molar-refractivity contribution >= 4 is 5.65 Å². The minimum Gasteiger partial charge on any atom is -0.286 e. The Bertz CT molecular complexity index is 586. The van der Waals surface area contributed by atoms with Crippen LogP contribution in [0.15, 0.2) is 49.1 Å². The van der Waals surface area contributed by atoms with E-state index in [1.54, 1.807) is 12.5 Å². The van der Waals surface area contributed by atoms with Crippen molar-refractivity contribution in [2.75, 3.05) is 0 Å². The summed E-state index contributed by atoms with van der Waals surface area (Å²) < 4.78 is 1.86. The smallest absolute Gasteiger partial charge is 0.187 e. The van der Waals surface area contributed by atoms with E-state index in [0.29, 0.717) is 0 Å². The summed E-state index contributed by atoms with van der Waals surface area (Å²) in [7, 11) is 0. The number of rotatable bonds is 1. The highest BCUT2D eigenvalue weighted by Gasteiger charge is 2.05. The van der Waals surface area contributed by atoms with Crippen LogP contribution in [0, 0.1) is 0 Å². The first-order valence-electron chi connectivity index (χ1n) is 4.65. The van der Waals surface area contributed by atoms with Gasteiger partial charge in [-0.15, -0.1) is 10.2 Å². The number of fused-ring (bicyclic) bond motifs is 1. The van der Waals surface area contributed by atoms with Crippen LogP contribution in [0.4, 0.5) is 0 Å². The third-order valence-corrected chi connectivity index (χ3v) is 2.26. The molecule has 3 aromatic rings. The van der Waals surface area contributed by atoms with Crippen molar-refractivity contribution in [1.82, 2.24) is 19.6 Å². The fourth-order valence-corrected chi connectivity index (χ4v) is 1.56. The molecular weight excluding hydrogens is 188 g/mol. The Kier molecular flexibility index (Phi) is 1.71. The van der Waals surface area contributed by atoms with Crippen molar-refractivity contribution in [1.29, 1.82) is 0 Å². The fourth-order valence-electron chi connectivity index (χ4n) is 1.56. The van der Waals surface area contributed by atoms with Crippen LogP contribution in [0.3, 0.4) is 0 Å². The van der Waals surface area contributed by atoms with Crippen molar-refractivity contribution in [3.8, 4) is 11.3 Å². The van der Waals surface area contributed by atoms with Gasteiger partial charge in [0.15, 0.2) is 5.65 Å². The summed E-state index contributed by atoms with van der Waals surface area (Å²) in [4.78, 5) is 4.33. The molecule has 2 heterocycles. The maximum atomic E-state index is 4.33. The summed E-state index contributed by atoms with van der Waals surface area (Å²) in [6.45, 7) is 0. The molecule has 0 unspecified atom stereocenters. The first-order valence-corrected chi connectivity index (χ1v) is 4.65. The Morgan fingerprint density at radius 2 is 1.93 bits per heavy atom. The quantitative estimate of drug-likeness (QED) is 0.596. The van der Waals surface area contributed by atoms with Crippen LogP contribution in [-0.4, -0.2) is 19.6 Å². The lowest BCUT2D eigenvalue weighted by Crippen LogP contribution is -1.90. The summed E-state index contributed by atoms with van der Waals surface area (Å²) >= 11 is 0. The van der Waals surface area contributed by atoms with Gasteiger partial charge in [-0.2, -0.15) is 0 Å². The van der Waals surface area contributed by atoms with Crippen molar-refractivity contribution in [3.05, 3.63) is 49.1 Å². The lowest BCUT2D eigenvalue weighted by molar-refractivity contribution is 1.10. The largest absolute Gasteiger partial charge is 0.286 e. The molecule has 0 saturated carbocycles. The molecule has 2 aromatic heterocycles. The van der Waals surface area contributed by atoms with Gasteiger partial charge < -0.3 is 0 Å². The lowest BCUT2D eigenvalue weighted by Gasteiger charge is -2.00. The molecule has 0 aliphatic heterocycles. The molecule has 0 aliphatic rings. The molecule has 0 aliphatic carbocycles. The van der Waals surface area contributed by atoms with E-state index in [2.05, 4.69) is 15.2 Å². The second-order valence-electron chi connectivity index (χ2n) is 3.20. The predicted molar refractivity (Wildman–Crippen MR) is 56.2 cm³/mol. The van der Waals surface area contributed by atoms with Crippen molar-refractivity contribution in [2.45, 2.75) is 0 Å². The summed E-state index contributed by atoms with van der Waals surface area (Å²) in [6.07, 6.45) is 5.25. The van der Waals surface area contributed by atoms with Crippen LogP contribution in [0.5, 0.6) is 0 Å². The number of hydrogen-bond donors (Lipinski definition) is 0. The van der Waals surface area contributed by atoms with Gasteiger partial charge in [0.05, 0.1) is 0 Å². The van der Waals surface area contributed by atoms with Crippen molar-refractivity contribution in [3.63, 3.8) is 0 Å². The van der Waals surface area contributed by atoms with Crippen molar-refractivity contribution in [2.24, 2.45) is 0 Å². The maximum absolute atomic E-state index is 4.33. The molecule has 3 rings (SSSR count). The molecular formula is C11H8N4. The Balaban J connectivity index is 2.31. The topological polar surface area (TPSA) is 43.1 Å². The molecule has 0 bridgehead atoms. The van der Waals surface area contributed by atoms with Crippen LogP contribution >= 0.6 is 0 Å². The second kappa shape index (κ2) is 3.16. The first-order chi connectivity index (χ1) is 7.45. The molecule has 0 radical (unpaired) electrons. The highest BCUT2D eigenvalue weighted by molar-refractivity contribution is 5.72. The van der Waals surface area contributed by atoms with Crippen LogP contribution in [0.2, 0.25) is 0 Å². The third kappa shape index (κ3) is 1.27. The molecule has 0 N–H and O–H groups in total. The molecule has 0 amide bonds. The summed E-state index contributed by atoms with van der Waals surface area (Å²) in [5.74, 6) is 0. The lowest BCUT2D eigenvalue weighted by atomic mass is 10.1. The molecule has 72 valence electrons. The highest BCUT2D eigenvalue weighted by atomic mass is 15.2. The average molecular weight is 196 g/mol. The van der Waals surface area contributed by atoms with E-state index in [1.807, 2.05) is 40.9 Å². The van der Waals surface area contributed by atoms with Gasteiger partial charge >= 0.3 is 0 Å². The average Bonchev–Trinajstić information content (AvgIpc) is 2.78. The van der Waals surface area contributed by atoms with E-state index in [4.69, 9.17) is 0 Å². The summed E-state index contributed by atoms with van der Waals surface area (Å²) in [6, 6.07) is 9.97. The van der Waals surface area contributed by atoms with Gasteiger partial charge in [0.2, 0.25) is 0 Å². The van der Waals surface area contributed by atoms with Crippen LogP contribution in [0.25, 0.3) is 16.9 Å². The molecule has 15 heavy (non-hydrogen) atoms. The standard InChI is InChI=1S/C11H8N4/c1-2-4-9(5-3-1)10-11-14-13-8-15(11)7-6-12-10/h1-8H. The molecule has 0 fully saturated rings. The van der Waals surface area contributed by atoms with Crippen LogP contribution in [-0.2, 0) is 0 Å². The van der Waals surface area contributed by atoms with E-state index < -0.39 is 0 Å². The zero-order valence-corrected chi connectivity index (χ0v) is 7.91. The van der Waals surface area contributed by atoms with E-state index in [9.17, 15) is 0 Å². The van der Waals surface area contributed by atoms with Crippen LogP contribution < -0.4 is 0 Å². The fraction of sp³-hybridized carbons (Fsp3) is 0. The van der Waals surface area contributed by atoms with Gasteiger partial charge in [0.1, 0.15) is 12.0 Å². The highest BCUT2D eigenvalue weighted by Crippen LogP contribution is 2.19. The maximum Gasteiger partial charge on any atom is 0.187 e. The van der Waals surface area contributed by atoms with Gasteiger partial charge in [-0.3, -0.25) is 9.38 Å². The Morgan fingerprint density at radius 3 is 2.80 bits per heavy atom. The summed E-state index contributed by atoms with van der Waals surface area (Å²) in [5.41, 5.74) is 2.69. The minimum atomic E-state index is 0.781. The zero-order valence-electron chi connectivity index (χ0n) is 7.91. The Morgan fingerprint density at radius 1 is 1.07 bits per heavy atom. The van der Waals surface area contributed by atoms with E-state index in [1.165, 1.54) is 0 Å². The van der Waals surface area contributed by atoms with Gasteiger partial charge in [-0.1, -0.05) is 30.3 Å². The van der Waals surface area contributed by atoms with Crippen molar-refractivity contribution < 1.29 is 0 Å².